The number of nitrogens with zero attached hydrogens (tertiary/aromatic N) is 2. The third-order valence-electron chi connectivity index (χ3n) is 4.93. The molecular weight excluding hydrogens is 258 g/mol. The van der Waals surface area contributed by atoms with E-state index in [2.05, 4.69) is 61.6 Å². The number of benzene rings is 1. The second-order valence-electron chi connectivity index (χ2n) is 6.67. The van der Waals surface area contributed by atoms with Crippen molar-refractivity contribution in [2.75, 3.05) is 6.54 Å². The molecule has 0 spiro atoms. The van der Waals surface area contributed by atoms with Gasteiger partial charge in [0.25, 0.3) is 0 Å². The summed E-state index contributed by atoms with van der Waals surface area (Å²) in [7, 11) is 0. The van der Waals surface area contributed by atoms with Crippen LogP contribution >= 0.6 is 0 Å². The molecule has 1 saturated carbocycles. The van der Waals surface area contributed by atoms with Gasteiger partial charge in [-0.25, -0.2) is 4.68 Å². The van der Waals surface area contributed by atoms with Crippen molar-refractivity contribution in [3.8, 4) is 5.69 Å². The Kier molecular flexibility index (Phi) is 3.85. The summed E-state index contributed by atoms with van der Waals surface area (Å²) in [6.45, 7) is 8.08. The molecule has 3 rings (SSSR count). The molecule has 0 radical (unpaired) electrons. The number of aromatic nitrogens is 2. The minimum absolute atomic E-state index is 0.305. The lowest BCUT2D eigenvalue weighted by molar-refractivity contribution is 0.0695. The van der Waals surface area contributed by atoms with Crippen LogP contribution in [-0.4, -0.2) is 22.4 Å². The zero-order valence-corrected chi connectivity index (χ0v) is 13.2. The summed E-state index contributed by atoms with van der Waals surface area (Å²) < 4.78 is 1.98. The van der Waals surface area contributed by atoms with E-state index in [1.165, 1.54) is 18.4 Å². The summed E-state index contributed by atoms with van der Waals surface area (Å²) in [5.41, 5.74) is 2.79. The fraction of sp³-hybridized carbons (Fsp3) is 0.500. The average Bonchev–Trinajstić information content (AvgIpc) is 2.96. The highest BCUT2D eigenvalue weighted by atomic mass is 15.3. The third kappa shape index (κ3) is 2.62. The van der Waals surface area contributed by atoms with Crippen LogP contribution in [0.15, 0.2) is 42.7 Å². The average molecular weight is 283 g/mol. The van der Waals surface area contributed by atoms with E-state index >= 15 is 0 Å². The standard InChI is InChI=1S/C18H25N3/c1-4-10-19-17-11-16(18(17,2)3)14-12-20-21(13-14)15-8-6-5-7-9-15/h5-9,12-13,16-17,19H,4,10-11H2,1-3H3. The van der Waals surface area contributed by atoms with Crippen LogP contribution in [0.25, 0.3) is 5.69 Å². The van der Waals surface area contributed by atoms with Crippen molar-refractivity contribution in [1.29, 1.82) is 0 Å². The molecule has 2 aromatic rings. The zero-order valence-electron chi connectivity index (χ0n) is 13.2. The van der Waals surface area contributed by atoms with Gasteiger partial charge in [0.05, 0.1) is 11.9 Å². The molecule has 112 valence electrons. The number of rotatable bonds is 5. The molecule has 2 atom stereocenters. The lowest BCUT2D eigenvalue weighted by Gasteiger charge is -2.52. The first-order valence-electron chi connectivity index (χ1n) is 7.96. The summed E-state index contributed by atoms with van der Waals surface area (Å²) in [4.78, 5) is 0. The fourth-order valence-corrected chi connectivity index (χ4v) is 3.39. The van der Waals surface area contributed by atoms with Gasteiger partial charge in [-0.05, 0) is 48.4 Å². The topological polar surface area (TPSA) is 29.9 Å². The van der Waals surface area contributed by atoms with E-state index in [0.29, 0.717) is 17.4 Å². The van der Waals surface area contributed by atoms with Crippen LogP contribution in [0, 0.1) is 5.41 Å². The summed E-state index contributed by atoms with van der Waals surface area (Å²) in [6, 6.07) is 10.9. The number of hydrogen-bond donors (Lipinski definition) is 1. The fourth-order valence-electron chi connectivity index (χ4n) is 3.39. The van der Waals surface area contributed by atoms with Crippen molar-refractivity contribution in [3.05, 3.63) is 48.3 Å². The molecule has 1 aromatic carbocycles. The Balaban J connectivity index is 1.73. The SMILES string of the molecule is CCCNC1CC(c2cnn(-c3ccccc3)c2)C1(C)C. The first kappa shape index (κ1) is 14.3. The van der Waals surface area contributed by atoms with Crippen molar-refractivity contribution >= 4 is 0 Å². The van der Waals surface area contributed by atoms with E-state index in [-0.39, 0.29) is 0 Å². The van der Waals surface area contributed by atoms with Crippen LogP contribution in [0.2, 0.25) is 0 Å². The summed E-state index contributed by atoms with van der Waals surface area (Å²) in [5.74, 6) is 0.601. The zero-order chi connectivity index (χ0) is 14.9. The molecule has 1 fully saturated rings. The Hall–Kier alpha value is -1.61. The van der Waals surface area contributed by atoms with Crippen LogP contribution in [-0.2, 0) is 0 Å². The van der Waals surface area contributed by atoms with E-state index in [4.69, 9.17) is 0 Å². The van der Waals surface area contributed by atoms with Gasteiger partial charge in [0, 0.05) is 12.2 Å². The Morgan fingerprint density at radius 3 is 2.71 bits per heavy atom. The molecule has 21 heavy (non-hydrogen) atoms. The van der Waals surface area contributed by atoms with Crippen molar-refractivity contribution in [1.82, 2.24) is 15.1 Å². The first-order chi connectivity index (χ1) is 10.1. The molecule has 3 heteroatoms. The monoisotopic (exact) mass is 283 g/mol. The van der Waals surface area contributed by atoms with Gasteiger partial charge in [-0.15, -0.1) is 0 Å². The van der Waals surface area contributed by atoms with Gasteiger partial charge in [0.2, 0.25) is 0 Å². The quantitative estimate of drug-likeness (QED) is 0.905. The van der Waals surface area contributed by atoms with Crippen molar-refractivity contribution in [2.24, 2.45) is 5.41 Å². The van der Waals surface area contributed by atoms with E-state index < -0.39 is 0 Å². The number of hydrogen-bond acceptors (Lipinski definition) is 2. The molecule has 1 heterocycles. The van der Waals surface area contributed by atoms with Gasteiger partial charge < -0.3 is 5.32 Å². The Labute approximate surface area is 127 Å². The molecule has 1 N–H and O–H groups in total. The van der Waals surface area contributed by atoms with Gasteiger partial charge in [0.15, 0.2) is 0 Å². The maximum atomic E-state index is 4.54. The summed E-state index contributed by atoms with van der Waals surface area (Å²) in [6.07, 6.45) is 6.64. The smallest absolute Gasteiger partial charge is 0.0645 e. The van der Waals surface area contributed by atoms with Crippen LogP contribution in [0.5, 0.6) is 0 Å². The molecule has 0 amide bonds. The molecular formula is C18H25N3. The predicted molar refractivity (Wildman–Crippen MR) is 86.8 cm³/mol. The van der Waals surface area contributed by atoms with Crippen LogP contribution in [0.1, 0.15) is 45.1 Å². The normalized spacial score (nSPS) is 23.8. The molecule has 0 aliphatic heterocycles. The lowest BCUT2D eigenvalue weighted by Crippen LogP contribution is -2.55. The molecule has 3 nitrogen and oxygen atoms in total. The van der Waals surface area contributed by atoms with Crippen molar-refractivity contribution in [3.63, 3.8) is 0 Å². The van der Waals surface area contributed by atoms with Crippen molar-refractivity contribution < 1.29 is 0 Å². The van der Waals surface area contributed by atoms with Crippen LogP contribution in [0.3, 0.4) is 0 Å². The van der Waals surface area contributed by atoms with E-state index in [9.17, 15) is 0 Å². The maximum Gasteiger partial charge on any atom is 0.0645 e. The molecule has 1 aromatic heterocycles. The van der Waals surface area contributed by atoms with Crippen LogP contribution in [0.4, 0.5) is 0 Å². The summed E-state index contributed by atoms with van der Waals surface area (Å²) >= 11 is 0. The molecule has 1 aliphatic rings. The van der Waals surface area contributed by atoms with Gasteiger partial charge in [0.1, 0.15) is 0 Å². The van der Waals surface area contributed by atoms with E-state index in [0.717, 1.165) is 12.2 Å². The van der Waals surface area contributed by atoms with E-state index in [1.54, 1.807) is 0 Å². The highest BCUT2D eigenvalue weighted by molar-refractivity contribution is 5.33. The van der Waals surface area contributed by atoms with Crippen LogP contribution < -0.4 is 5.32 Å². The van der Waals surface area contributed by atoms with Gasteiger partial charge in [-0.1, -0.05) is 39.0 Å². The molecule has 2 unspecified atom stereocenters. The Morgan fingerprint density at radius 1 is 1.29 bits per heavy atom. The largest absolute Gasteiger partial charge is 0.313 e. The number of para-hydroxylation sites is 1. The Bertz CT molecular complexity index is 586. The summed E-state index contributed by atoms with van der Waals surface area (Å²) in [5, 5.41) is 8.21. The third-order valence-corrected chi connectivity index (χ3v) is 4.93. The predicted octanol–water partition coefficient (Wildman–Crippen LogP) is 3.75. The second-order valence-corrected chi connectivity index (χ2v) is 6.67. The first-order valence-corrected chi connectivity index (χ1v) is 7.96. The second kappa shape index (κ2) is 5.64. The molecule has 0 saturated heterocycles. The van der Waals surface area contributed by atoms with Crippen molar-refractivity contribution in [2.45, 2.75) is 45.6 Å². The highest BCUT2D eigenvalue weighted by Gasteiger charge is 2.48. The van der Waals surface area contributed by atoms with Gasteiger partial charge in [-0.2, -0.15) is 5.10 Å². The highest BCUT2D eigenvalue weighted by Crippen LogP contribution is 2.52. The number of nitrogens with one attached hydrogen (secondary N) is 1. The minimum Gasteiger partial charge on any atom is -0.313 e. The minimum atomic E-state index is 0.305. The maximum absolute atomic E-state index is 4.54. The van der Waals surface area contributed by atoms with E-state index in [1.807, 2.05) is 16.9 Å². The molecule has 1 aliphatic carbocycles. The molecule has 0 bridgehead atoms. The van der Waals surface area contributed by atoms with Gasteiger partial charge in [-0.3, -0.25) is 0 Å². The Morgan fingerprint density at radius 2 is 2.05 bits per heavy atom. The van der Waals surface area contributed by atoms with Gasteiger partial charge >= 0.3 is 0 Å². The lowest BCUT2D eigenvalue weighted by atomic mass is 9.56.